The Kier molecular flexibility index (Phi) is 4.87. The topological polar surface area (TPSA) is 15.3 Å². The van der Waals surface area contributed by atoms with E-state index in [1.165, 1.54) is 51.6 Å². The molecular formula is C15H30N2. The molecule has 0 aromatic heterocycles. The van der Waals surface area contributed by atoms with Gasteiger partial charge in [-0.25, -0.2) is 0 Å². The van der Waals surface area contributed by atoms with E-state index in [-0.39, 0.29) is 0 Å². The molecule has 0 amide bonds. The molecule has 0 bridgehead atoms. The number of nitrogens with zero attached hydrogens (tertiary/aromatic N) is 1. The zero-order valence-corrected chi connectivity index (χ0v) is 11.9. The first kappa shape index (κ1) is 13.4. The van der Waals surface area contributed by atoms with Crippen LogP contribution in [0.1, 0.15) is 52.4 Å². The van der Waals surface area contributed by atoms with Gasteiger partial charge in [-0.15, -0.1) is 0 Å². The lowest BCUT2D eigenvalue weighted by Gasteiger charge is -2.36. The van der Waals surface area contributed by atoms with E-state index in [0.717, 1.165) is 23.9 Å². The van der Waals surface area contributed by atoms with Crippen LogP contribution in [-0.4, -0.2) is 37.1 Å². The van der Waals surface area contributed by atoms with Gasteiger partial charge in [0.1, 0.15) is 0 Å². The first-order valence-electron chi connectivity index (χ1n) is 7.62. The van der Waals surface area contributed by atoms with E-state index in [1.54, 1.807) is 0 Å². The summed E-state index contributed by atoms with van der Waals surface area (Å²) >= 11 is 0. The molecule has 2 nitrogen and oxygen atoms in total. The highest BCUT2D eigenvalue weighted by atomic mass is 15.2. The largest absolute Gasteiger partial charge is 0.312 e. The van der Waals surface area contributed by atoms with Gasteiger partial charge in [0.2, 0.25) is 0 Å². The molecule has 17 heavy (non-hydrogen) atoms. The lowest BCUT2D eigenvalue weighted by atomic mass is 9.78. The normalized spacial score (nSPS) is 35.6. The second-order valence-corrected chi connectivity index (χ2v) is 6.48. The molecule has 1 saturated carbocycles. The average molecular weight is 238 g/mol. The Hall–Kier alpha value is -0.0800. The smallest absolute Gasteiger partial charge is 0.0218 e. The maximum absolute atomic E-state index is 3.88. The van der Waals surface area contributed by atoms with Crippen LogP contribution >= 0.6 is 0 Å². The van der Waals surface area contributed by atoms with E-state index in [1.807, 2.05) is 0 Å². The van der Waals surface area contributed by atoms with Gasteiger partial charge in [-0.05, 0) is 51.1 Å². The third-order valence-corrected chi connectivity index (χ3v) is 4.96. The standard InChI is InChI=1S/C15H30N2/c1-12(2)14-8-4-5-9-15(14)16-11-13-7-6-10-17(13)3/h12-16H,4-11H2,1-3H3. The van der Waals surface area contributed by atoms with Gasteiger partial charge < -0.3 is 10.2 Å². The van der Waals surface area contributed by atoms with Gasteiger partial charge in [0.25, 0.3) is 0 Å². The highest BCUT2D eigenvalue weighted by Crippen LogP contribution is 2.30. The molecule has 3 atom stereocenters. The quantitative estimate of drug-likeness (QED) is 0.810. The minimum Gasteiger partial charge on any atom is -0.312 e. The summed E-state index contributed by atoms with van der Waals surface area (Å²) in [5.41, 5.74) is 0. The Morgan fingerprint density at radius 2 is 1.88 bits per heavy atom. The van der Waals surface area contributed by atoms with Gasteiger partial charge in [0.15, 0.2) is 0 Å². The zero-order chi connectivity index (χ0) is 12.3. The third-order valence-electron chi connectivity index (χ3n) is 4.96. The number of likely N-dealkylation sites (N-methyl/N-ethyl adjacent to an activating group) is 1. The summed E-state index contributed by atoms with van der Waals surface area (Å²) < 4.78 is 0. The fourth-order valence-electron chi connectivity index (χ4n) is 3.74. The molecule has 1 aliphatic carbocycles. The molecule has 1 saturated heterocycles. The minimum absolute atomic E-state index is 0.790. The van der Waals surface area contributed by atoms with E-state index < -0.39 is 0 Å². The van der Waals surface area contributed by atoms with Crippen LogP contribution < -0.4 is 5.32 Å². The van der Waals surface area contributed by atoms with Crippen molar-refractivity contribution in [3.63, 3.8) is 0 Å². The van der Waals surface area contributed by atoms with Crippen LogP contribution in [0, 0.1) is 11.8 Å². The summed E-state index contributed by atoms with van der Waals surface area (Å²) in [6, 6.07) is 1.59. The van der Waals surface area contributed by atoms with Crippen LogP contribution in [0.5, 0.6) is 0 Å². The fraction of sp³-hybridized carbons (Fsp3) is 1.00. The van der Waals surface area contributed by atoms with Crippen LogP contribution in [0.3, 0.4) is 0 Å². The summed E-state index contributed by atoms with van der Waals surface area (Å²) in [7, 11) is 2.28. The second-order valence-electron chi connectivity index (χ2n) is 6.48. The Morgan fingerprint density at radius 3 is 2.53 bits per heavy atom. The molecule has 2 fully saturated rings. The van der Waals surface area contributed by atoms with Crippen LogP contribution in [0.15, 0.2) is 0 Å². The van der Waals surface area contributed by atoms with Gasteiger partial charge in [0.05, 0.1) is 0 Å². The van der Waals surface area contributed by atoms with Crippen molar-refractivity contribution in [2.45, 2.75) is 64.5 Å². The van der Waals surface area contributed by atoms with Crippen molar-refractivity contribution < 1.29 is 0 Å². The molecule has 2 heteroatoms. The Labute approximate surface area is 107 Å². The van der Waals surface area contributed by atoms with Crippen molar-refractivity contribution >= 4 is 0 Å². The molecule has 1 aliphatic heterocycles. The van der Waals surface area contributed by atoms with Crippen molar-refractivity contribution in [2.75, 3.05) is 20.1 Å². The maximum atomic E-state index is 3.88. The number of hydrogen-bond donors (Lipinski definition) is 1. The zero-order valence-electron chi connectivity index (χ0n) is 11.9. The predicted octanol–water partition coefficient (Wildman–Crippen LogP) is 2.89. The summed E-state index contributed by atoms with van der Waals surface area (Å²) in [5.74, 6) is 1.75. The molecule has 2 aliphatic rings. The molecule has 0 aromatic carbocycles. The predicted molar refractivity (Wildman–Crippen MR) is 74.2 cm³/mol. The monoisotopic (exact) mass is 238 g/mol. The van der Waals surface area contributed by atoms with Gasteiger partial charge in [-0.2, -0.15) is 0 Å². The van der Waals surface area contributed by atoms with Crippen LogP contribution in [0.2, 0.25) is 0 Å². The first-order valence-corrected chi connectivity index (χ1v) is 7.62. The number of likely N-dealkylation sites (tertiary alicyclic amines) is 1. The summed E-state index contributed by atoms with van der Waals surface area (Å²) in [6.07, 6.45) is 8.50. The van der Waals surface area contributed by atoms with Crippen molar-refractivity contribution in [3.05, 3.63) is 0 Å². The fourth-order valence-corrected chi connectivity index (χ4v) is 3.74. The van der Waals surface area contributed by atoms with E-state index in [9.17, 15) is 0 Å². The molecule has 2 rings (SSSR count). The second kappa shape index (κ2) is 6.19. The van der Waals surface area contributed by atoms with Crippen molar-refractivity contribution in [3.8, 4) is 0 Å². The third kappa shape index (κ3) is 3.45. The van der Waals surface area contributed by atoms with E-state index in [4.69, 9.17) is 0 Å². The van der Waals surface area contributed by atoms with Crippen molar-refractivity contribution in [2.24, 2.45) is 11.8 Å². The summed E-state index contributed by atoms with van der Waals surface area (Å²) in [5, 5.41) is 3.88. The lowest BCUT2D eigenvalue weighted by molar-refractivity contribution is 0.191. The van der Waals surface area contributed by atoms with Gasteiger partial charge in [-0.1, -0.05) is 26.7 Å². The minimum atomic E-state index is 0.790. The average Bonchev–Trinajstić information content (AvgIpc) is 2.72. The van der Waals surface area contributed by atoms with Crippen molar-refractivity contribution in [1.82, 2.24) is 10.2 Å². The molecule has 0 spiro atoms. The highest BCUT2D eigenvalue weighted by Gasteiger charge is 2.28. The summed E-state index contributed by atoms with van der Waals surface area (Å²) in [6.45, 7) is 7.30. The molecule has 1 heterocycles. The molecular weight excluding hydrogens is 208 g/mol. The molecule has 100 valence electrons. The Balaban J connectivity index is 1.79. The first-order chi connectivity index (χ1) is 8.18. The Bertz CT molecular complexity index is 227. The van der Waals surface area contributed by atoms with E-state index in [0.29, 0.717) is 0 Å². The van der Waals surface area contributed by atoms with Gasteiger partial charge in [-0.3, -0.25) is 0 Å². The van der Waals surface area contributed by atoms with Crippen LogP contribution in [-0.2, 0) is 0 Å². The van der Waals surface area contributed by atoms with Crippen LogP contribution in [0.25, 0.3) is 0 Å². The molecule has 3 unspecified atom stereocenters. The van der Waals surface area contributed by atoms with Gasteiger partial charge in [0, 0.05) is 18.6 Å². The number of rotatable bonds is 4. The summed E-state index contributed by atoms with van der Waals surface area (Å²) in [4.78, 5) is 2.53. The Morgan fingerprint density at radius 1 is 1.12 bits per heavy atom. The van der Waals surface area contributed by atoms with E-state index >= 15 is 0 Å². The molecule has 0 aromatic rings. The molecule has 0 radical (unpaired) electrons. The van der Waals surface area contributed by atoms with Crippen molar-refractivity contribution in [1.29, 1.82) is 0 Å². The van der Waals surface area contributed by atoms with Gasteiger partial charge >= 0.3 is 0 Å². The number of hydrogen-bond acceptors (Lipinski definition) is 2. The van der Waals surface area contributed by atoms with Crippen LogP contribution in [0.4, 0.5) is 0 Å². The SMILES string of the molecule is CC(C)C1CCCCC1NCC1CCCN1C. The number of nitrogens with one attached hydrogen (secondary N) is 1. The molecule has 1 N–H and O–H groups in total. The lowest BCUT2D eigenvalue weighted by Crippen LogP contribution is -2.46. The maximum Gasteiger partial charge on any atom is 0.0218 e. The highest BCUT2D eigenvalue weighted by molar-refractivity contribution is 4.86. The van der Waals surface area contributed by atoms with E-state index in [2.05, 4.69) is 31.1 Å².